The van der Waals surface area contributed by atoms with Crippen molar-refractivity contribution in [3.8, 4) is 0 Å². The molecule has 1 heterocycles. The van der Waals surface area contributed by atoms with Crippen LogP contribution in [0.5, 0.6) is 0 Å². The molecule has 3 rings (SSSR count). The van der Waals surface area contributed by atoms with Crippen molar-refractivity contribution < 1.29 is 4.79 Å². The highest BCUT2D eigenvalue weighted by molar-refractivity contribution is 6.42. The molecule has 138 valence electrons. The summed E-state index contributed by atoms with van der Waals surface area (Å²) in [7, 11) is 0. The minimum absolute atomic E-state index is 0.0453. The Bertz CT molecular complexity index is 776. The van der Waals surface area contributed by atoms with Crippen LogP contribution in [-0.2, 0) is 11.3 Å². The zero-order chi connectivity index (χ0) is 18.5. The molecule has 1 aliphatic heterocycles. The van der Waals surface area contributed by atoms with E-state index in [9.17, 15) is 4.79 Å². The lowest BCUT2D eigenvalue weighted by atomic mass is 10.2. The van der Waals surface area contributed by atoms with Crippen molar-refractivity contribution in [3.05, 3.63) is 63.1 Å². The van der Waals surface area contributed by atoms with E-state index in [4.69, 9.17) is 34.8 Å². The molecule has 2 aromatic rings. The standard InChI is InChI=1S/C19H20Cl3N3O/c20-15-6-5-14(11-17(15)22)12-24-7-9-25(10-8-24)13-19(26)23-18-4-2-1-3-16(18)21/h1-6,11H,7-10,12-13H2,(H,23,26). The van der Waals surface area contributed by atoms with Gasteiger partial charge in [-0.25, -0.2) is 0 Å². The summed E-state index contributed by atoms with van der Waals surface area (Å²) in [5, 5.41) is 4.57. The van der Waals surface area contributed by atoms with Crippen molar-refractivity contribution in [2.24, 2.45) is 0 Å². The second-order valence-electron chi connectivity index (χ2n) is 6.33. The average molecular weight is 413 g/mol. The first-order valence-corrected chi connectivity index (χ1v) is 9.57. The van der Waals surface area contributed by atoms with Gasteiger partial charge in [-0.3, -0.25) is 14.6 Å². The molecule has 1 saturated heterocycles. The molecule has 0 bridgehead atoms. The number of hydrogen-bond donors (Lipinski definition) is 1. The molecule has 2 aromatic carbocycles. The smallest absolute Gasteiger partial charge is 0.238 e. The van der Waals surface area contributed by atoms with Gasteiger partial charge < -0.3 is 5.32 Å². The topological polar surface area (TPSA) is 35.6 Å². The van der Waals surface area contributed by atoms with E-state index in [1.807, 2.05) is 30.3 Å². The molecule has 0 aliphatic carbocycles. The summed E-state index contributed by atoms with van der Waals surface area (Å²) in [6.07, 6.45) is 0. The van der Waals surface area contributed by atoms with Gasteiger partial charge in [-0.05, 0) is 29.8 Å². The van der Waals surface area contributed by atoms with Crippen LogP contribution < -0.4 is 5.32 Å². The van der Waals surface area contributed by atoms with Crippen molar-refractivity contribution in [2.75, 3.05) is 38.0 Å². The molecule has 1 aliphatic rings. The van der Waals surface area contributed by atoms with Crippen LogP contribution in [-0.4, -0.2) is 48.4 Å². The van der Waals surface area contributed by atoms with Gasteiger partial charge in [-0.15, -0.1) is 0 Å². The largest absolute Gasteiger partial charge is 0.324 e. The minimum Gasteiger partial charge on any atom is -0.324 e. The summed E-state index contributed by atoms with van der Waals surface area (Å²) in [6.45, 7) is 4.69. The Balaban J connectivity index is 1.45. The molecule has 1 N–H and O–H groups in total. The van der Waals surface area contributed by atoms with E-state index in [1.54, 1.807) is 12.1 Å². The Kier molecular flexibility index (Phi) is 6.79. The third-order valence-electron chi connectivity index (χ3n) is 4.37. The van der Waals surface area contributed by atoms with E-state index >= 15 is 0 Å². The van der Waals surface area contributed by atoms with Crippen molar-refractivity contribution >= 4 is 46.4 Å². The number of benzene rings is 2. The summed E-state index contributed by atoms with van der Waals surface area (Å²) >= 11 is 18.1. The first-order chi connectivity index (χ1) is 12.5. The van der Waals surface area contributed by atoms with Crippen LogP contribution in [0, 0.1) is 0 Å². The highest BCUT2D eigenvalue weighted by Crippen LogP contribution is 2.23. The minimum atomic E-state index is -0.0453. The maximum atomic E-state index is 12.2. The van der Waals surface area contributed by atoms with E-state index in [-0.39, 0.29) is 5.91 Å². The fraction of sp³-hybridized carbons (Fsp3) is 0.316. The van der Waals surface area contributed by atoms with Crippen molar-refractivity contribution in [1.29, 1.82) is 0 Å². The number of halogens is 3. The van der Waals surface area contributed by atoms with Gasteiger partial charge in [0, 0.05) is 32.7 Å². The van der Waals surface area contributed by atoms with Gasteiger partial charge in [0.15, 0.2) is 0 Å². The first kappa shape index (κ1) is 19.5. The summed E-state index contributed by atoms with van der Waals surface area (Å²) in [5.41, 5.74) is 1.79. The molecule has 0 aromatic heterocycles. The number of carbonyl (C=O) groups excluding carboxylic acids is 1. The highest BCUT2D eigenvalue weighted by Gasteiger charge is 2.19. The molecule has 0 unspecified atom stereocenters. The van der Waals surface area contributed by atoms with Gasteiger partial charge in [-0.2, -0.15) is 0 Å². The van der Waals surface area contributed by atoms with E-state index in [2.05, 4.69) is 15.1 Å². The number of carbonyl (C=O) groups is 1. The Morgan fingerprint density at radius 1 is 0.885 bits per heavy atom. The molecule has 7 heteroatoms. The predicted molar refractivity (Wildman–Crippen MR) is 108 cm³/mol. The normalized spacial score (nSPS) is 15.8. The summed E-state index contributed by atoms with van der Waals surface area (Å²) in [4.78, 5) is 16.7. The van der Waals surface area contributed by atoms with Crippen LogP contribution >= 0.6 is 34.8 Å². The Hall–Kier alpha value is -1.30. The number of nitrogens with zero attached hydrogens (tertiary/aromatic N) is 2. The molecule has 0 saturated carbocycles. The molecular weight excluding hydrogens is 393 g/mol. The van der Waals surface area contributed by atoms with Gasteiger partial charge in [0.2, 0.25) is 5.91 Å². The van der Waals surface area contributed by atoms with E-state index in [0.717, 1.165) is 38.3 Å². The maximum Gasteiger partial charge on any atom is 0.238 e. The van der Waals surface area contributed by atoms with Gasteiger partial charge in [0.25, 0.3) is 0 Å². The van der Waals surface area contributed by atoms with Crippen molar-refractivity contribution in [3.63, 3.8) is 0 Å². The van der Waals surface area contributed by atoms with Gasteiger partial charge in [-0.1, -0.05) is 53.0 Å². The number of piperazine rings is 1. The summed E-state index contributed by atoms with van der Waals surface area (Å²) in [5.74, 6) is -0.0453. The zero-order valence-corrected chi connectivity index (χ0v) is 16.5. The number of para-hydroxylation sites is 1. The molecule has 4 nitrogen and oxygen atoms in total. The lowest BCUT2D eigenvalue weighted by Crippen LogP contribution is -2.48. The first-order valence-electron chi connectivity index (χ1n) is 8.44. The fourth-order valence-electron chi connectivity index (χ4n) is 2.96. The molecule has 0 radical (unpaired) electrons. The van der Waals surface area contributed by atoms with Crippen LogP contribution in [0.25, 0.3) is 0 Å². The lowest BCUT2D eigenvalue weighted by molar-refractivity contribution is -0.117. The number of hydrogen-bond acceptors (Lipinski definition) is 3. The second kappa shape index (κ2) is 9.07. The van der Waals surface area contributed by atoms with E-state index < -0.39 is 0 Å². The second-order valence-corrected chi connectivity index (χ2v) is 7.55. The highest BCUT2D eigenvalue weighted by atomic mass is 35.5. The Morgan fingerprint density at radius 3 is 2.27 bits per heavy atom. The van der Waals surface area contributed by atoms with Crippen LogP contribution in [0.1, 0.15) is 5.56 Å². The number of anilines is 1. The monoisotopic (exact) mass is 411 g/mol. The van der Waals surface area contributed by atoms with E-state index in [1.165, 1.54) is 0 Å². The zero-order valence-electron chi connectivity index (χ0n) is 14.2. The lowest BCUT2D eigenvalue weighted by Gasteiger charge is -2.34. The van der Waals surface area contributed by atoms with Crippen LogP contribution in [0.2, 0.25) is 15.1 Å². The maximum absolute atomic E-state index is 12.2. The van der Waals surface area contributed by atoms with Crippen LogP contribution in [0.4, 0.5) is 5.69 Å². The van der Waals surface area contributed by atoms with Crippen molar-refractivity contribution in [1.82, 2.24) is 9.80 Å². The third-order valence-corrected chi connectivity index (χ3v) is 5.44. The molecular formula is C19H20Cl3N3O. The number of amides is 1. The summed E-state index contributed by atoms with van der Waals surface area (Å²) in [6, 6.07) is 13.0. The molecule has 26 heavy (non-hydrogen) atoms. The molecule has 0 atom stereocenters. The quantitative estimate of drug-likeness (QED) is 0.790. The molecule has 1 fully saturated rings. The van der Waals surface area contributed by atoms with Gasteiger partial charge in [0.05, 0.1) is 27.3 Å². The fourth-order valence-corrected chi connectivity index (χ4v) is 3.46. The third kappa shape index (κ3) is 5.35. The molecule has 1 amide bonds. The van der Waals surface area contributed by atoms with Crippen LogP contribution in [0.15, 0.2) is 42.5 Å². The van der Waals surface area contributed by atoms with Gasteiger partial charge >= 0.3 is 0 Å². The SMILES string of the molecule is O=C(CN1CCN(Cc2ccc(Cl)c(Cl)c2)CC1)Nc1ccccc1Cl. The predicted octanol–water partition coefficient (Wildman–Crippen LogP) is 4.40. The number of rotatable bonds is 5. The Morgan fingerprint density at radius 2 is 1.58 bits per heavy atom. The summed E-state index contributed by atoms with van der Waals surface area (Å²) < 4.78 is 0. The van der Waals surface area contributed by atoms with Crippen LogP contribution in [0.3, 0.4) is 0 Å². The molecule has 0 spiro atoms. The number of nitrogens with one attached hydrogen (secondary N) is 1. The van der Waals surface area contributed by atoms with Gasteiger partial charge in [0.1, 0.15) is 0 Å². The van der Waals surface area contributed by atoms with Crippen molar-refractivity contribution in [2.45, 2.75) is 6.54 Å². The van der Waals surface area contributed by atoms with E-state index in [0.29, 0.717) is 27.3 Å². The Labute approximate surface area is 168 Å². The average Bonchev–Trinajstić information content (AvgIpc) is 2.62.